The smallest absolute Gasteiger partial charge is 0.147 e. The van der Waals surface area contributed by atoms with E-state index in [1.807, 2.05) is 32.7 Å². The Morgan fingerprint density at radius 1 is 1.47 bits per heavy atom. The van der Waals surface area contributed by atoms with Crippen molar-refractivity contribution >= 4 is 5.82 Å². The van der Waals surface area contributed by atoms with Crippen LogP contribution in [0.1, 0.15) is 18.3 Å². The predicted octanol–water partition coefficient (Wildman–Crippen LogP) is 1.69. The molecule has 1 aromatic heterocycles. The molecule has 1 aromatic rings. The number of hydrogen-bond donors (Lipinski definition) is 0. The van der Waals surface area contributed by atoms with Crippen molar-refractivity contribution in [2.75, 3.05) is 18.5 Å². The lowest BCUT2D eigenvalue weighted by Gasteiger charge is -2.19. The first-order valence-electron chi connectivity index (χ1n) is 4.95. The van der Waals surface area contributed by atoms with Gasteiger partial charge in [0.1, 0.15) is 5.82 Å². The minimum atomic E-state index is -0.00147. The second-order valence-corrected chi connectivity index (χ2v) is 3.81. The molecule has 0 aromatic carbocycles. The van der Waals surface area contributed by atoms with Crippen molar-refractivity contribution in [1.29, 1.82) is 5.26 Å². The van der Waals surface area contributed by atoms with E-state index in [9.17, 15) is 0 Å². The molecular formula is C11H16N4. The summed E-state index contributed by atoms with van der Waals surface area (Å²) in [4.78, 5) is 10.6. The van der Waals surface area contributed by atoms with Gasteiger partial charge in [-0.05, 0) is 20.8 Å². The second kappa shape index (κ2) is 4.74. The molecule has 1 atom stereocenters. The molecular weight excluding hydrogens is 188 g/mol. The van der Waals surface area contributed by atoms with Gasteiger partial charge in [0.05, 0.1) is 29.6 Å². The molecule has 4 heteroatoms. The van der Waals surface area contributed by atoms with Gasteiger partial charge in [0.2, 0.25) is 0 Å². The highest BCUT2D eigenvalue weighted by molar-refractivity contribution is 5.36. The average Bonchev–Trinajstić information content (AvgIpc) is 2.21. The van der Waals surface area contributed by atoms with Gasteiger partial charge < -0.3 is 4.90 Å². The summed E-state index contributed by atoms with van der Waals surface area (Å²) >= 11 is 0. The van der Waals surface area contributed by atoms with Crippen LogP contribution in [0.25, 0.3) is 0 Å². The van der Waals surface area contributed by atoms with Crippen LogP contribution in [0.3, 0.4) is 0 Å². The zero-order valence-electron chi connectivity index (χ0n) is 9.65. The largest absolute Gasteiger partial charge is 0.357 e. The van der Waals surface area contributed by atoms with E-state index >= 15 is 0 Å². The van der Waals surface area contributed by atoms with Crippen molar-refractivity contribution in [3.63, 3.8) is 0 Å². The number of aromatic nitrogens is 2. The zero-order valence-corrected chi connectivity index (χ0v) is 9.65. The third kappa shape index (κ3) is 2.91. The van der Waals surface area contributed by atoms with E-state index in [1.165, 1.54) is 0 Å². The van der Waals surface area contributed by atoms with Crippen LogP contribution in [-0.4, -0.2) is 23.6 Å². The quantitative estimate of drug-likeness (QED) is 0.751. The molecule has 80 valence electrons. The van der Waals surface area contributed by atoms with Crippen molar-refractivity contribution in [2.24, 2.45) is 5.92 Å². The van der Waals surface area contributed by atoms with Crippen molar-refractivity contribution in [3.8, 4) is 6.07 Å². The van der Waals surface area contributed by atoms with Gasteiger partial charge >= 0.3 is 0 Å². The Kier molecular flexibility index (Phi) is 3.62. The summed E-state index contributed by atoms with van der Waals surface area (Å²) < 4.78 is 0. The van der Waals surface area contributed by atoms with Crippen molar-refractivity contribution < 1.29 is 0 Å². The number of anilines is 1. The fraction of sp³-hybridized carbons (Fsp3) is 0.545. The van der Waals surface area contributed by atoms with Crippen molar-refractivity contribution in [1.82, 2.24) is 9.97 Å². The molecule has 0 saturated heterocycles. The first kappa shape index (κ1) is 11.4. The van der Waals surface area contributed by atoms with Crippen LogP contribution in [0.2, 0.25) is 0 Å². The topological polar surface area (TPSA) is 52.8 Å². The Bertz CT molecular complexity index is 381. The van der Waals surface area contributed by atoms with Crippen LogP contribution >= 0.6 is 0 Å². The summed E-state index contributed by atoms with van der Waals surface area (Å²) in [6.45, 7) is 6.44. The van der Waals surface area contributed by atoms with E-state index in [4.69, 9.17) is 5.26 Å². The van der Waals surface area contributed by atoms with E-state index in [0.717, 1.165) is 17.2 Å². The van der Waals surface area contributed by atoms with E-state index < -0.39 is 0 Å². The molecule has 15 heavy (non-hydrogen) atoms. The first-order chi connectivity index (χ1) is 7.04. The normalized spacial score (nSPS) is 11.9. The maximum absolute atomic E-state index is 8.72. The van der Waals surface area contributed by atoms with Crippen LogP contribution < -0.4 is 4.90 Å². The van der Waals surface area contributed by atoms with Crippen LogP contribution in [0.4, 0.5) is 5.82 Å². The summed E-state index contributed by atoms with van der Waals surface area (Å²) in [5, 5.41) is 8.72. The highest BCUT2D eigenvalue weighted by Gasteiger charge is 2.08. The second-order valence-electron chi connectivity index (χ2n) is 3.81. The lowest BCUT2D eigenvalue weighted by atomic mass is 10.2. The molecule has 0 aliphatic rings. The van der Waals surface area contributed by atoms with Crippen LogP contribution in [0.15, 0.2) is 6.20 Å². The molecule has 0 saturated carbocycles. The molecule has 0 aliphatic carbocycles. The van der Waals surface area contributed by atoms with Gasteiger partial charge in [-0.2, -0.15) is 5.26 Å². The molecule has 0 bridgehead atoms. The van der Waals surface area contributed by atoms with Crippen molar-refractivity contribution in [2.45, 2.75) is 20.8 Å². The maximum atomic E-state index is 8.72. The molecule has 1 unspecified atom stereocenters. The molecule has 0 radical (unpaired) electrons. The maximum Gasteiger partial charge on any atom is 0.147 e. The Labute approximate surface area is 90.6 Å². The third-order valence-electron chi connectivity index (χ3n) is 2.34. The van der Waals surface area contributed by atoms with Gasteiger partial charge in [0.15, 0.2) is 0 Å². The van der Waals surface area contributed by atoms with E-state index in [-0.39, 0.29) is 5.92 Å². The summed E-state index contributed by atoms with van der Waals surface area (Å²) in [5.41, 5.74) is 1.88. The van der Waals surface area contributed by atoms with Gasteiger partial charge in [-0.15, -0.1) is 0 Å². The zero-order chi connectivity index (χ0) is 11.4. The highest BCUT2D eigenvalue weighted by Crippen LogP contribution is 2.11. The SMILES string of the molecule is Cc1ncc(N(C)CC(C)C#N)nc1C. The molecule has 4 nitrogen and oxygen atoms in total. The van der Waals surface area contributed by atoms with E-state index in [2.05, 4.69) is 16.0 Å². The monoisotopic (exact) mass is 204 g/mol. The minimum absolute atomic E-state index is 0.00147. The summed E-state index contributed by atoms with van der Waals surface area (Å²) in [7, 11) is 1.92. The molecule has 0 fully saturated rings. The highest BCUT2D eigenvalue weighted by atomic mass is 15.2. The van der Waals surface area contributed by atoms with E-state index in [0.29, 0.717) is 6.54 Å². The van der Waals surface area contributed by atoms with E-state index in [1.54, 1.807) is 6.20 Å². The van der Waals surface area contributed by atoms with Gasteiger partial charge in [-0.1, -0.05) is 0 Å². The van der Waals surface area contributed by atoms with Gasteiger partial charge in [0.25, 0.3) is 0 Å². The molecule has 0 aliphatic heterocycles. The Hall–Kier alpha value is -1.63. The number of nitriles is 1. The van der Waals surface area contributed by atoms with Crippen LogP contribution in [0, 0.1) is 31.1 Å². The molecule has 1 heterocycles. The first-order valence-corrected chi connectivity index (χ1v) is 4.95. The predicted molar refractivity (Wildman–Crippen MR) is 59.6 cm³/mol. The molecule has 1 rings (SSSR count). The lowest BCUT2D eigenvalue weighted by Crippen LogP contribution is -2.24. The van der Waals surface area contributed by atoms with Gasteiger partial charge in [-0.3, -0.25) is 4.98 Å². The fourth-order valence-corrected chi connectivity index (χ4v) is 1.26. The average molecular weight is 204 g/mol. The number of nitrogens with zero attached hydrogens (tertiary/aromatic N) is 4. The molecule has 0 spiro atoms. The Balaban J connectivity index is 2.79. The van der Waals surface area contributed by atoms with Crippen molar-refractivity contribution in [3.05, 3.63) is 17.6 Å². The Morgan fingerprint density at radius 2 is 2.13 bits per heavy atom. The minimum Gasteiger partial charge on any atom is -0.357 e. The van der Waals surface area contributed by atoms with Gasteiger partial charge in [-0.25, -0.2) is 4.98 Å². The fourth-order valence-electron chi connectivity index (χ4n) is 1.26. The van der Waals surface area contributed by atoms with Crippen LogP contribution in [0.5, 0.6) is 0 Å². The third-order valence-corrected chi connectivity index (χ3v) is 2.34. The number of hydrogen-bond acceptors (Lipinski definition) is 4. The van der Waals surface area contributed by atoms with Crippen LogP contribution in [-0.2, 0) is 0 Å². The lowest BCUT2D eigenvalue weighted by molar-refractivity contribution is 0.707. The summed E-state index contributed by atoms with van der Waals surface area (Å²) in [6.07, 6.45) is 1.74. The van der Waals surface area contributed by atoms with Gasteiger partial charge in [0, 0.05) is 13.6 Å². The Morgan fingerprint density at radius 3 is 2.67 bits per heavy atom. The summed E-state index contributed by atoms with van der Waals surface area (Å²) in [6, 6.07) is 2.20. The molecule has 0 N–H and O–H groups in total. The number of rotatable bonds is 3. The summed E-state index contributed by atoms with van der Waals surface area (Å²) in [5.74, 6) is 0.818. The standard InChI is InChI=1S/C11H16N4/c1-8(5-12)7-15(4)11-6-13-9(2)10(3)14-11/h6,8H,7H2,1-4H3. The molecule has 0 amide bonds. The number of aryl methyl sites for hydroxylation is 2.